The van der Waals surface area contributed by atoms with Crippen molar-refractivity contribution in [3.63, 3.8) is 0 Å². The molecule has 0 amide bonds. The second-order valence-electron chi connectivity index (χ2n) is 2.08. The molecule has 1 unspecified atom stereocenters. The summed E-state index contributed by atoms with van der Waals surface area (Å²) in [6.07, 6.45) is 5.21. The predicted molar refractivity (Wildman–Crippen MR) is 39.8 cm³/mol. The van der Waals surface area contributed by atoms with Gasteiger partial charge in [-0.25, -0.2) is 0 Å². The van der Waals surface area contributed by atoms with E-state index in [1.54, 1.807) is 13.0 Å². The number of hydrogen-bond acceptors (Lipinski definition) is 1. The first-order chi connectivity index (χ1) is 4.12. The lowest BCUT2D eigenvalue weighted by atomic mass is 10.2. The van der Waals surface area contributed by atoms with Gasteiger partial charge in [0.05, 0.1) is 0 Å². The zero-order chi connectivity index (χ0) is 7.33. The lowest BCUT2D eigenvalue weighted by Gasteiger charge is -2.05. The van der Waals surface area contributed by atoms with Gasteiger partial charge in [0.2, 0.25) is 0 Å². The monoisotopic (exact) mass is 146 g/mol. The van der Waals surface area contributed by atoms with Crippen LogP contribution in [-0.4, -0.2) is 11.2 Å². The van der Waals surface area contributed by atoms with Crippen molar-refractivity contribution in [3.05, 3.63) is 12.2 Å². The van der Waals surface area contributed by atoms with Crippen molar-refractivity contribution < 1.29 is 4.79 Å². The topological polar surface area (TPSA) is 17.1 Å². The van der Waals surface area contributed by atoms with Crippen LogP contribution in [0, 0.1) is 0 Å². The Bertz CT molecular complexity index is 116. The highest BCUT2D eigenvalue weighted by Gasteiger charge is 2.13. The fraction of sp³-hybridized carbons (Fsp3) is 0.571. The number of allylic oxidation sites excluding steroid dienone is 2. The minimum absolute atomic E-state index is 0.723. The lowest BCUT2D eigenvalue weighted by Crippen LogP contribution is -2.13. The van der Waals surface area contributed by atoms with Gasteiger partial charge in [0.1, 0.15) is 11.2 Å². The fourth-order valence-electron chi connectivity index (χ4n) is 0.388. The number of hydrogen-bond donors (Lipinski definition) is 0. The van der Waals surface area contributed by atoms with Gasteiger partial charge >= 0.3 is 0 Å². The van der Waals surface area contributed by atoms with E-state index in [0.717, 1.165) is 12.7 Å². The Hall–Kier alpha value is -0.300. The minimum Gasteiger partial charge on any atom is -0.301 e. The third-order valence-electron chi connectivity index (χ3n) is 0.910. The van der Waals surface area contributed by atoms with Crippen LogP contribution >= 0.6 is 11.6 Å². The molecule has 0 aliphatic rings. The third-order valence-corrected chi connectivity index (χ3v) is 1.12. The summed E-state index contributed by atoms with van der Waals surface area (Å²) in [5.74, 6) is 0. The van der Waals surface area contributed by atoms with Gasteiger partial charge in [-0.15, -0.1) is 11.6 Å². The predicted octanol–water partition coefficient (Wildman–Crippen LogP) is 2.15. The van der Waals surface area contributed by atoms with Crippen LogP contribution in [0.5, 0.6) is 0 Å². The van der Waals surface area contributed by atoms with Crippen LogP contribution < -0.4 is 0 Å². The van der Waals surface area contributed by atoms with Crippen LogP contribution in [0.2, 0.25) is 0 Å². The molecule has 0 fully saturated rings. The standard InChI is InChI=1S/C7H11ClO/c1-3-4-5-7(2,8)6-9/h4-6H,3H2,1-2H3. The summed E-state index contributed by atoms with van der Waals surface area (Å²) < 4.78 is 0. The molecule has 0 aromatic carbocycles. The molecular formula is C7H11ClO. The summed E-state index contributed by atoms with van der Waals surface area (Å²) in [6, 6.07) is 0. The molecule has 1 nitrogen and oxygen atoms in total. The third kappa shape index (κ3) is 4.22. The number of aldehydes is 1. The molecule has 0 heterocycles. The zero-order valence-corrected chi connectivity index (χ0v) is 6.48. The summed E-state index contributed by atoms with van der Waals surface area (Å²) in [4.78, 5) is 9.35. The second-order valence-corrected chi connectivity index (χ2v) is 2.89. The van der Waals surface area contributed by atoms with Crippen molar-refractivity contribution in [1.82, 2.24) is 0 Å². The van der Waals surface area contributed by atoms with Crippen LogP contribution in [0.3, 0.4) is 0 Å². The van der Waals surface area contributed by atoms with E-state index in [4.69, 9.17) is 11.6 Å². The normalized spacial score (nSPS) is 17.7. The van der Waals surface area contributed by atoms with E-state index in [-0.39, 0.29) is 0 Å². The van der Waals surface area contributed by atoms with Crippen LogP contribution in [0.4, 0.5) is 0 Å². The largest absolute Gasteiger partial charge is 0.301 e. The molecule has 0 aliphatic heterocycles. The number of carbonyl (C=O) groups is 1. The van der Waals surface area contributed by atoms with Gasteiger partial charge in [0, 0.05) is 0 Å². The Morgan fingerprint density at radius 3 is 2.56 bits per heavy atom. The number of carbonyl (C=O) groups excluding carboxylic acids is 1. The number of halogens is 1. The molecule has 0 rings (SSSR count). The summed E-state index contributed by atoms with van der Waals surface area (Å²) >= 11 is 5.64. The molecule has 0 N–H and O–H groups in total. The molecule has 9 heavy (non-hydrogen) atoms. The van der Waals surface area contributed by atoms with Crippen molar-refractivity contribution in [3.8, 4) is 0 Å². The summed E-state index contributed by atoms with van der Waals surface area (Å²) in [5.41, 5.74) is 0. The van der Waals surface area contributed by atoms with Crippen LogP contribution in [0.15, 0.2) is 12.2 Å². The molecule has 0 aliphatic carbocycles. The molecule has 1 atom stereocenters. The highest BCUT2D eigenvalue weighted by Crippen LogP contribution is 2.11. The van der Waals surface area contributed by atoms with Gasteiger partial charge < -0.3 is 4.79 Å². The van der Waals surface area contributed by atoms with Crippen LogP contribution in [-0.2, 0) is 4.79 Å². The second kappa shape index (κ2) is 3.67. The Morgan fingerprint density at radius 2 is 2.22 bits per heavy atom. The highest BCUT2D eigenvalue weighted by molar-refractivity contribution is 6.32. The molecule has 0 aromatic heterocycles. The van der Waals surface area contributed by atoms with Crippen molar-refractivity contribution in [2.75, 3.05) is 0 Å². The van der Waals surface area contributed by atoms with Gasteiger partial charge in [0.25, 0.3) is 0 Å². The molecule has 0 spiro atoms. The van der Waals surface area contributed by atoms with Crippen LogP contribution in [0.1, 0.15) is 20.3 Å². The lowest BCUT2D eigenvalue weighted by molar-refractivity contribution is -0.108. The molecule has 52 valence electrons. The van der Waals surface area contributed by atoms with E-state index in [0.29, 0.717) is 0 Å². The number of rotatable bonds is 3. The first-order valence-corrected chi connectivity index (χ1v) is 3.33. The molecule has 0 bridgehead atoms. The summed E-state index contributed by atoms with van der Waals surface area (Å²) in [6.45, 7) is 3.65. The van der Waals surface area contributed by atoms with E-state index in [2.05, 4.69) is 0 Å². The molecule has 0 saturated heterocycles. The highest BCUT2D eigenvalue weighted by atomic mass is 35.5. The minimum atomic E-state index is -0.796. The first-order valence-electron chi connectivity index (χ1n) is 2.95. The molecule has 0 radical (unpaired) electrons. The van der Waals surface area contributed by atoms with Gasteiger partial charge in [-0.2, -0.15) is 0 Å². The zero-order valence-electron chi connectivity index (χ0n) is 5.73. The van der Waals surface area contributed by atoms with Gasteiger partial charge in [-0.05, 0) is 13.3 Å². The molecule has 0 aromatic rings. The van der Waals surface area contributed by atoms with Crippen molar-refractivity contribution in [1.29, 1.82) is 0 Å². The van der Waals surface area contributed by atoms with Gasteiger partial charge in [-0.1, -0.05) is 19.1 Å². The number of alkyl halides is 1. The fourth-order valence-corrected chi connectivity index (χ4v) is 0.477. The Morgan fingerprint density at radius 1 is 1.67 bits per heavy atom. The molecule has 2 heteroatoms. The van der Waals surface area contributed by atoms with E-state index in [9.17, 15) is 4.79 Å². The SMILES string of the molecule is CCC=CC(C)(Cl)C=O. The average molecular weight is 147 g/mol. The quantitative estimate of drug-likeness (QED) is 0.339. The average Bonchev–Trinajstić information content (AvgIpc) is 1.84. The Labute approximate surface area is 60.7 Å². The van der Waals surface area contributed by atoms with E-state index >= 15 is 0 Å². The van der Waals surface area contributed by atoms with Crippen molar-refractivity contribution in [2.24, 2.45) is 0 Å². The first kappa shape index (κ1) is 8.70. The van der Waals surface area contributed by atoms with E-state index in [1.807, 2.05) is 13.0 Å². The van der Waals surface area contributed by atoms with E-state index < -0.39 is 4.87 Å². The van der Waals surface area contributed by atoms with Crippen molar-refractivity contribution in [2.45, 2.75) is 25.1 Å². The Balaban J connectivity index is 3.84. The van der Waals surface area contributed by atoms with E-state index in [1.165, 1.54) is 0 Å². The van der Waals surface area contributed by atoms with Crippen molar-refractivity contribution >= 4 is 17.9 Å². The van der Waals surface area contributed by atoms with Crippen LogP contribution in [0.25, 0.3) is 0 Å². The Kier molecular flexibility index (Phi) is 3.55. The summed E-state index contributed by atoms with van der Waals surface area (Å²) in [5, 5.41) is 0. The maximum Gasteiger partial charge on any atom is 0.144 e. The molecule has 0 saturated carbocycles. The smallest absolute Gasteiger partial charge is 0.144 e. The maximum atomic E-state index is 10.1. The van der Waals surface area contributed by atoms with Gasteiger partial charge in [0.15, 0.2) is 0 Å². The maximum absolute atomic E-state index is 10.1. The summed E-state index contributed by atoms with van der Waals surface area (Å²) in [7, 11) is 0. The van der Waals surface area contributed by atoms with Gasteiger partial charge in [-0.3, -0.25) is 0 Å². The molecular weight excluding hydrogens is 136 g/mol.